The number of carbonyl (C=O) groups is 2. The summed E-state index contributed by atoms with van der Waals surface area (Å²) >= 11 is 1.08. The zero-order valence-electron chi connectivity index (χ0n) is 18.3. The highest BCUT2D eigenvalue weighted by Crippen LogP contribution is 2.31. The van der Waals surface area contributed by atoms with Crippen LogP contribution in [0.2, 0.25) is 0 Å². The zero-order chi connectivity index (χ0) is 23.4. The van der Waals surface area contributed by atoms with Gasteiger partial charge in [-0.05, 0) is 31.2 Å². The van der Waals surface area contributed by atoms with E-state index in [1.807, 2.05) is 0 Å². The predicted molar refractivity (Wildman–Crippen MR) is 121 cm³/mol. The number of anilines is 1. The first-order valence-corrected chi connectivity index (χ1v) is 10.3. The van der Waals surface area contributed by atoms with E-state index in [1.165, 1.54) is 25.2 Å². The molecule has 2 aromatic heterocycles. The number of aryl methyl sites for hydroxylation is 1. The number of rotatable bonds is 7. The van der Waals surface area contributed by atoms with Crippen molar-refractivity contribution in [3.63, 3.8) is 0 Å². The van der Waals surface area contributed by atoms with Gasteiger partial charge in [0.25, 0.3) is 11.5 Å². The summed E-state index contributed by atoms with van der Waals surface area (Å²) in [6, 6.07) is 8.16. The monoisotopic (exact) mass is 457 g/mol. The molecule has 0 saturated carbocycles. The minimum atomic E-state index is -0.485. The summed E-state index contributed by atoms with van der Waals surface area (Å²) < 4.78 is 11.6. The van der Waals surface area contributed by atoms with Crippen LogP contribution in [0.3, 0.4) is 0 Å². The molecule has 0 fully saturated rings. The molecular formula is C21H23N5O5S. The highest BCUT2D eigenvalue weighted by molar-refractivity contribution is 7.17. The molecule has 0 bridgehead atoms. The van der Waals surface area contributed by atoms with Gasteiger partial charge in [0.15, 0.2) is 16.6 Å². The van der Waals surface area contributed by atoms with Gasteiger partial charge in [-0.3, -0.25) is 14.4 Å². The molecule has 11 heteroatoms. The summed E-state index contributed by atoms with van der Waals surface area (Å²) in [6.45, 7) is 1.39. The molecule has 168 valence electrons. The smallest absolute Gasteiger partial charge is 0.267 e. The average Bonchev–Trinajstić information content (AvgIpc) is 3.13. The van der Waals surface area contributed by atoms with E-state index in [9.17, 15) is 14.4 Å². The number of thiazole rings is 1. The highest BCUT2D eigenvalue weighted by Gasteiger charge is 2.18. The maximum atomic E-state index is 12.5. The number of methoxy groups -OCH3 is 2. The van der Waals surface area contributed by atoms with E-state index < -0.39 is 11.5 Å². The van der Waals surface area contributed by atoms with Crippen LogP contribution in [0.5, 0.6) is 11.5 Å². The molecule has 0 atom stereocenters. The van der Waals surface area contributed by atoms with Crippen LogP contribution in [0.15, 0.2) is 35.1 Å². The van der Waals surface area contributed by atoms with Gasteiger partial charge in [0.05, 0.1) is 25.6 Å². The Morgan fingerprint density at radius 3 is 2.50 bits per heavy atom. The van der Waals surface area contributed by atoms with Crippen molar-refractivity contribution in [2.45, 2.75) is 13.5 Å². The van der Waals surface area contributed by atoms with Crippen LogP contribution in [0.4, 0.5) is 5.13 Å². The minimum absolute atomic E-state index is 0.194. The predicted octanol–water partition coefficient (Wildman–Crippen LogP) is 2.03. The summed E-state index contributed by atoms with van der Waals surface area (Å²) in [5, 5.41) is 7.20. The van der Waals surface area contributed by atoms with Gasteiger partial charge >= 0.3 is 0 Å². The van der Waals surface area contributed by atoms with E-state index in [0.29, 0.717) is 33.3 Å². The Hall–Kier alpha value is -3.73. The van der Waals surface area contributed by atoms with Gasteiger partial charge in [-0.15, -0.1) is 0 Å². The van der Waals surface area contributed by atoms with Crippen molar-refractivity contribution < 1.29 is 19.1 Å². The molecule has 0 saturated heterocycles. The van der Waals surface area contributed by atoms with Gasteiger partial charge in [0.2, 0.25) is 5.91 Å². The number of hydrogen-bond donors (Lipinski definition) is 1. The van der Waals surface area contributed by atoms with Crippen LogP contribution >= 0.6 is 11.3 Å². The standard InChI is InChI=1S/C21H23N5O5S/c1-12-19(20(29)25(2)3)32-21(22-12)23-17(27)11-26-18(28)9-7-14(24-26)13-6-8-15(30-4)16(10-13)31-5/h6-10H,11H2,1-5H3,(H,22,23,27). The SMILES string of the molecule is COc1ccc(-c2ccc(=O)n(CC(=O)Nc3nc(C)c(C(=O)N(C)C)s3)n2)cc1OC. The summed E-state index contributed by atoms with van der Waals surface area (Å²) in [7, 11) is 6.35. The molecule has 3 rings (SSSR count). The molecule has 0 radical (unpaired) electrons. The van der Waals surface area contributed by atoms with Gasteiger partial charge in [-0.25, -0.2) is 9.67 Å². The van der Waals surface area contributed by atoms with Crippen LogP contribution < -0.4 is 20.3 Å². The van der Waals surface area contributed by atoms with E-state index >= 15 is 0 Å². The fraction of sp³-hybridized carbons (Fsp3) is 0.286. The van der Waals surface area contributed by atoms with E-state index in [0.717, 1.165) is 16.0 Å². The Morgan fingerprint density at radius 1 is 1.12 bits per heavy atom. The maximum Gasteiger partial charge on any atom is 0.267 e. The number of amides is 2. The number of nitrogens with zero attached hydrogens (tertiary/aromatic N) is 4. The number of ether oxygens (including phenoxy) is 2. The van der Waals surface area contributed by atoms with Crippen LogP contribution in [-0.4, -0.2) is 59.8 Å². The van der Waals surface area contributed by atoms with Gasteiger partial charge in [-0.2, -0.15) is 5.10 Å². The summed E-state index contributed by atoms with van der Waals surface area (Å²) in [6.07, 6.45) is 0. The molecule has 0 aliphatic carbocycles. The Labute approximate surface area is 188 Å². The van der Waals surface area contributed by atoms with Gasteiger partial charge in [-0.1, -0.05) is 11.3 Å². The van der Waals surface area contributed by atoms with E-state index in [4.69, 9.17) is 9.47 Å². The minimum Gasteiger partial charge on any atom is -0.493 e. The second kappa shape index (κ2) is 9.60. The molecule has 0 unspecified atom stereocenters. The van der Waals surface area contributed by atoms with Crippen LogP contribution in [0.1, 0.15) is 15.4 Å². The van der Waals surface area contributed by atoms with Gasteiger partial charge < -0.3 is 19.7 Å². The van der Waals surface area contributed by atoms with E-state index in [-0.39, 0.29) is 17.6 Å². The normalized spacial score (nSPS) is 10.5. The second-order valence-electron chi connectivity index (χ2n) is 6.97. The van der Waals surface area contributed by atoms with Crippen LogP contribution in [0, 0.1) is 6.92 Å². The Kier molecular flexibility index (Phi) is 6.89. The molecule has 10 nitrogen and oxygen atoms in total. The lowest BCUT2D eigenvalue weighted by Crippen LogP contribution is -2.29. The Bertz CT molecular complexity index is 1220. The fourth-order valence-electron chi connectivity index (χ4n) is 2.86. The third kappa shape index (κ3) is 4.94. The quantitative estimate of drug-likeness (QED) is 0.577. The number of nitrogens with one attached hydrogen (secondary N) is 1. The van der Waals surface area contributed by atoms with Gasteiger partial charge in [0, 0.05) is 25.7 Å². The van der Waals surface area contributed by atoms with Crippen molar-refractivity contribution in [3.8, 4) is 22.8 Å². The van der Waals surface area contributed by atoms with Crippen LogP contribution in [0.25, 0.3) is 11.3 Å². The molecule has 0 aliphatic rings. The Balaban J connectivity index is 1.80. The zero-order valence-corrected chi connectivity index (χ0v) is 19.1. The molecule has 1 aromatic carbocycles. The largest absolute Gasteiger partial charge is 0.493 e. The lowest BCUT2D eigenvalue weighted by atomic mass is 10.1. The summed E-state index contributed by atoms with van der Waals surface area (Å²) in [5.74, 6) is 0.405. The topological polar surface area (TPSA) is 116 Å². The number of benzene rings is 1. The second-order valence-corrected chi connectivity index (χ2v) is 7.96. The van der Waals surface area contributed by atoms with Crippen molar-refractivity contribution in [3.05, 3.63) is 51.3 Å². The molecule has 2 amide bonds. The summed E-state index contributed by atoms with van der Waals surface area (Å²) in [4.78, 5) is 43.0. The van der Waals surface area contributed by atoms with Crippen molar-refractivity contribution >= 4 is 28.3 Å². The fourth-order valence-corrected chi connectivity index (χ4v) is 3.86. The van der Waals surface area contributed by atoms with Crippen molar-refractivity contribution in [2.24, 2.45) is 0 Å². The molecule has 32 heavy (non-hydrogen) atoms. The van der Waals surface area contributed by atoms with Crippen molar-refractivity contribution in [1.82, 2.24) is 19.7 Å². The average molecular weight is 458 g/mol. The first-order chi connectivity index (χ1) is 15.2. The van der Waals surface area contributed by atoms with Crippen molar-refractivity contribution in [2.75, 3.05) is 33.6 Å². The lowest BCUT2D eigenvalue weighted by molar-refractivity contribution is -0.117. The molecule has 0 spiro atoms. The molecule has 3 aromatic rings. The van der Waals surface area contributed by atoms with Crippen LogP contribution in [-0.2, 0) is 11.3 Å². The summed E-state index contributed by atoms with van der Waals surface area (Å²) in [5.41, 5.74) is 1.28. The third-order valence-electron chi connectivity index (χ3n) is 4.48. The van der Waals surface area contributed by atoms with E-state index in [1.54, 1.807) is 45.3 Å². The number of hydrogen-bond acceptors (Lipinski definition) is 8. The molecule has 2 heterocycles. The Morgan fingerprint density at radius 2 is 1.84 bits per heavy atom. The van der Waals surface area contributed by atoms with E-state index in [2.05, 4.69) is 15.4 Å². The molecule has 1 N–H and O–H groups in total. The number of aromatic nitrogens is 3. The van der Waals surface area contributed by atoms with Crippen molar-refractivity contribution in [1.29, 1.82) is 0 Å². The highest BCUT2D eigenvalue weighted by atomic mass is 32.1. The number of carbonyl (C=O) groups excluding carboxylic acids is 2. The molecular weight excluding hydrogens is 434 g/mol. The molecule has 0 aliphatic heterocycles. The lowest BCUT2D eigenvalue weighted by Gasteiger charge is -2.10. The first kappa shape index (κ1) is 22.9. The van der Waals surface area contributed by atoms with Gasteiger partial charge in [0.1, 0.15) is 11.4 Å². The first-order valence-electron chi connectivity index (χ1n) is 9.53. The maximum absolute atomic E-state index is 12.5. The third-order valence-corrected chi connectivity index (χ3v) is 5.54.